The van der Waals surface area contributed by atoms with Gasteiger partial charge in [-0.1, -0.05) is 19.8 Å². The Kier molecular flexibility index (Phi) is 5.84. The Labute approximate surface area is 104 Å². The molecule has 1 aliphatic rings. The van der Waals surface area contributed by atoms with Gasteiger partial charge >= 0.3 is 0 Å². The van der Waals surface area contributed by atoms with Crippen molar-refractivity contribution in [3.8, 4) is 0 Å². The smallest absolute Gasteiger partial charge is 0.127 e. The highest BCUT2D eigenvalue weighted by Crippen LogP contribution is 2.37. The van der Waals surface area contributed by atoms with Crippen LogP contribution in [0.5, 0.6) is 0 Å². The number of hydrogen-bond acceptors (Lipinski definition) is 3. The highest BCUT2D eigenvalue weighted by Gasteiger charge is 2.35. The number of carbonyl (C=O) groups is 1. The van der Waals surface area contributed by atoms with E-state index in [1.54, 1.807) is 0 Å². The van der Waals surface area contributed by atoms with E-state index in [0.29, 0.717) is 6.04 Å². The van der Waals surface area contributed by atoms with Gasteiger partial charge in [0.15, 0.2) is 0 Å². The SMILES string of the molecule is CCC(CSC)N(C)CC1(C=O)CCCC1. The third-order valence-corrected chi connectivity index (χ3v) is 4.59. The predicted molar refractivity (Wildman–Crippen MR) is 72.1 cm³/mol. The molecule has 1 unspecified atom stereocenters. The van der Waals surface area contributed by atoms with Crippen molar-refractivity contribution in [3.05, 3.63) is 0 Å². The van der Waals surface area contributed by atoms with Crippen LogP contribution in [0.3, 0.4) is 0 Å². The van der Waals surface area contributed by atoms with Gasteiger partial charge in [0.2, 0.25) is 0 Å². The van der Waals surface area contributed by atoms with Crippen LogP contribution in [0.1, 0.15) is 39.0 Å². The second-order valence-corrected chi connectivity index (χ2v) is 6.03. The van der Waals surface area contributed by atoms with Crippen molar-refractivity contribution in [3.63, 3.8) is 0 Å². The second kappa shape index (κ2) is 6.65. The van der Waals surface area contributed by atoms with Crippen molar-refractivity contribution < 1.29 is 4.79 Å². The lowest BCUT2D eigenvalue weighted by molar-refractivity contribution is -0.117. The van der Waals surface area contributed by atoms with Gasteiger partial charge in [0.1, 0.15) is 6.29 Å². The van der Waals surface area contributed by atoms with Crippen molar-refractivity contribution in [2.75, 3.05) is 25.6 Å². The molecule has 0 N–H and O–H groups in total. The molecule has 0 heterocycles. The quantitative estimate of drug-likeness (QED) is 0.641. The maximum Gasteiger partial charge on any atom is 0.127 e. The van der Waals surface area contributed by atoms with Crippen LogP contribution < -0.4 is 0 Å². The summed E-state index contributed by atoms with van der Waals surface area (Å²) in [4.78, 5) is 13.7. The van der Waals surface area contributed by atoms with Gasteiger partial charge < -0.3 is 9.69 Å². The van der Waals surface area contributed by atoms with Crippen molar-refractivity contribution in [2.24, 2.45) is 5.41 Å². The molecule has 0 amide bonds. The van der Waals surface area contributed by atoms with Gasteiger partial charge in [-0.25, -0.2) is 0 Å². The Morgan fingerprint density at radius 3 is 2.50 bits per heavy atom. The zero-order valence-corrected chi connectivity index (χ0v) is 11.7. The van der Waals surface area contributed by atoms with Gasteiger partial charge in [-0.15, -0.1) is 0 Å². The number of hydrogen-bond donors (Lipinski definition) is 0. The Morgan fingerprint density at radius 1 is 1.44 bits per heavy atom. The molecule has 1 fully saturated rings. The molecule has 0 radical (unpaired) electrons. The third-order valence-electron chi connectivity index (χ3n) is 3.87. The zero-order chi connectivity index (χ0) is 12.0. The number of aldehydes is 1. The van der Waals surface area contributed by atoms with Crippen molar-refractivity contribution in [1.82, 2.24) is 4.90 Å². The minimum atomic E-state index is -0.0272. The lowest BCUT2D eigenvalue weighted by Gasteiger charge is -2.33. The van der Waals surface area contributed by atoms with E-state index < -0.39 is 0 Å². The fourth-order valence-electron chi connectivity index (χ4n) is 2.77. The highest BCUT2D eigenvalue weighted by atomic mass is 32.2. The average Bonchev–Trinajstić information content (AvgIpc) is 2.75. The Balaban J connectivity index is 2.53. The van der Waals surface area contributed by atoms with Crippen molar-refractivity contribution in [1.29, 1.82) is 0 Å². The molecule has 1 atom stereocenters. The molecule has 1 rings (SSSR count). The van der Waals surface area contributed by atoms with E-state index in [1.165, 1.54) is 31.3 Å². The van der Waals surface area contributed by atoms with E-state index in [4.69, 9.17) is 0 Å². The van der Waals surface area contributed by atoms with Gasteiger partial charge in [-0.2, -0.15) is 11.8 Å². The highest BCUT2D eigenvalue weighted by molar-refractivity contribution is 7.98. The maximum atomic E-state index is 11.3. The molecule has 16 heavy (non-hydrogen) atoms. The van der Waals surface area contributed by atoms with Crippen LogP contribution in [0, 0.1) is 5.41 Å². The van der Waals surface area contributed by atoms with Gasteiger partial charge in [0, 0.05) is 23.8 Å². The molecule has 1 aliphatic carbocycles. The summed E-state index contributed by atoms with van der Waals surface area (Å²) in [6.45, 7) is 3.19. The van der Waals surface area contributed by atoms with E-state index in [9.17, 15) is 4.79 Å². The zero-order valence-electron chi connectivity index (χ0n) is 10.9. The largest absolute Gasteiger partial charge is 0.303 e. The summed E-state index contributed by atoms with van der Waals surface area (Å²) in [7, 11) is 2.17. The lowest BCUT2D eigenvalue weighted by atomic mass is 9.87. The lowest BCUT2D eigenvalue weighted by Crippen LogP contribution is -2.41. The molecule has 0 aliphatic heterocycles. The minimum Gasteiger partial charge on any atom is -0.303 e. The molecule has 1 saturated carbocycles. The summed E-state index contributed by atoms with van der Waals surface area (Å²) in [6, 6.07) is 0.618. The number of rotatable bonds is 7. The average molecular weight is 243 g/mol. The van der Waals surface area contributed by atoms with Gasteiger partial charge in [0.25, 0.3) is 0 Å². The molecule has 0 aromatic carbocycles. The molecule has 0 bridgehead atoms. The number of nitrogens with zero attached hydrogens (tertiary/aromatic N) is 1. The van der Waals surface area contributed by atoms with Crippen LogP contribution in [0.25, 0.3) is 0 Å². The van der Waals surface area contributed by atoms with Crippen LogP contribution >= 0.6 is 11.8 Å². The first kappa shape index (κ1) is 14.0. The van der Waals surface area contributed by atoms with Crippen molar-refractivity contribution >= 4 is 18.0 Å². The van der Waals surface area contributed by atoms with E-state index in [0.717, 1.165) is 19.4 Å². The van der Waals surface area contributed by atoms with Crippen LogP contribution in [0.2, 0.25) is 0 Å². The summed E-state index contributed by atoms with van der Waals surface area (Å²) in [6.07, 6.45) is 9.20. The normalized spacial score (nSPS) is 21.2. The van der Waals surface area contributed by atoms with Crippen molar-refractivity contribution in [2.45, 2.75) is 45.1 Å². The predicted octanol–water partition coefficient (Wildman–Crippen LogP) is 2.82. The van der Waals surface area contributed by atoms with Gasteiger partial charge in [-0.05, 0) is 32.6 Å². The molecule has 94 valence electrons. The molecule has 3 heteroatoms. The molecule has 2 nitrogen and oxygen atoms in total. The van der Waals surface area contributed by atoms with E-state index in [1.807, 2.05) is 11.8 Å². The first-order chi connectivity index (χ1) is 7.67. The first-order valence-corrected chi connectivity index (χ1v) is 7.72. The van der Waals surface area contributed by atoms with Crippen LogP contribution in [-0.2, 0) is 4.79 Å². The Hall–Kier alpha value is -0.0200. The van der Waals surface area contributed by atoms with Crippen LogP contribution in [0.15, 0.2) is 0 Å². The van der Waals surface area contributed by atoms with Crippen LogP contribution in [-0.4, -0.2) is 42.8 Å². The van der Waals surface area contributed by atoms with Gasteiger partial charge in [0.05, 0.1) is 0 Å². The molecular formula is C13H25NOS. The molecular weight excluding hydrogens is 218 g/mol. The fourth-order valence-corrected chi connectivity index (χ4v) is 3.64. The Morgan fingerprint density at radius 2 is 2.06 bits per heavy atom. The Bertz CT molecular complexity index is 214. The topological polar surface area (TPSA) is 20.3 Å². The maximum absolute atomic E-state index is 11.3. The summed E-state index contributed by atoms with van der Waals surface area (Å²) in [5.74, 6) is 1.17. The summed E-state index contributed by atoms with van der Waals surface area (Å²) < 4.78 is 0. The monoisotopic (exact) mass is 243 g/mol. The van der Waals surface area contributed by atoms with E-state index >= 15 is 0 Å². The van der Waals surface area contributed by atoms with E-state index in [-0.39, 0.29) is 5.41 Å². The number of carbonyl (C=O) groups excluding carboxylic acids is 1. The molecule has 0 aromatic rings. The molecule has 0 spiro atoms. The van der Waals surface area contributed by atoms with Crippen LogP contribution in [0.4, 0.5) is 0 Å². The molecule has 0 aromatic heterocycles. The summed E-state index contributed by atoms with van der Waals surface area (Å²) in [5, 5.41) is 0. The number of thioether (sulfide) groups is 1. The summed E-state index contributed by atoms with van der Waals surface area (Å²) in [5.41, 5.74) is -0.0272. The second-order valence-electron chi connectivity index (χ2n) is 5.12. The standard InChI is InChI=1S/C13H25NOS/c1-4-12(9-16-3)14(2)10-13(11-15)7-5-6-8-13/h11-12H,4-10H2,1-3H3. The molecule has 0 saturated heterocycles. The first-order valence-electron chi connectivity index (χ1n) is 6.33. The summed E-state index contributed by atoms with van der Waals surface area (Å²) >= 11 is 1.90. The van der Waals surface area contributed by atoms with E-state index in [2.05, 4.69) is 25.1 Å². The third kappa shape index (κ3) is 3.49. The van der Waals surface area contributed by atoms with Gasteiger partial charge in [-0.3, -0.25) is 0 Å². The fraction of sp³-hybridized carbons (Fsp3) is 0.923. The minimum absolute atomic E-state index is 0.0272.